The normalized spacial score (nSPS) is 11.4. The lowest BCUT2D eigenvalue weighted by molar-refractivity contribution is 0.0636. The van der Waals surface area contributed by atoms with Crippen molar-refractivity contribution in [3.8, 4) is 11.5 Å². The molecule has 0 saturated heterocycles. The third-order valence-electron chi connectivity index (χ3n) is 3.44. The van der Waals surface area contributed by atoms with E-state index in [1.165, 1.54) is 0 Å². The minimum atomic E-state index is -0.586. The van der Waals surface area contributed by atoms with Crippen molar-refractivity contribution in [3.05, 3.63) is 46.5 Å². The third kappa shape index (κ3) is 4.02. The van der Waals surface area contributed by atoms with Gasteiger partial charge in [0.2, 0.25) is 0 Å². The van der Waals surface area contributed by atoms with Gasteiger partial charge in [-0.3, -0.25) is 10.3 Å². The summed E-state index contributed by atoms with van der Waals surface area (Å²) in [7, 11) is 0. The zero-order valence-electron chi connectivity index (χ0n) is 15.0. The molecular formula is C18H20N4O4. The lowest BCUT2D eigenvalue weighted by atomic mass is 10.2. The number of benzene rings is 1. The summed E-state index contributed by atoms with van der Waals surface area (Å²) in [5, 5.41) is 2.68. The summed E-state index contributed by atoms with van der Waals surface area (Å²) in [5.74, 6) is 0.985. The van der Waals surface area contributed by atoms with Gasteiger partial charge in [0, 0.05) is 24.0 Å². The Hall–Kier alpha value is -3.29. The summed E-state index contributed by atoms with van der Waals surface area (Å²) >= 11 is 0. The molecular weight excluding hydrogens is 336 g/mol. The molecule has 8 nitrogen and oxygen atoms in total. The first-order valence-electron chi connectivity index (χ1n) is 8.07. The van der Waals surface area contributed by atoms with E-state index in [-0.39, 0.29) is 5.69 Å². The van der Waals surface area contributed by atoms with Crippen molar-refractivity contribution in [3.63, 3.8) is 0 Å². The number of fused-ring (bicyclic) bond motifs is 1. The second-order valence-electron chi connectivity index (χ2n) is 6.82. The number of H-pyrrole nitrogens is 2. The fourth-order valence-corrected chi connectivity index (χ4v) is 2.32. The molecule has 8 heteroatoms. The van der Waals surface area contributed by atoms with E-state index in [4.69, 9.17) is 9.47 Å². The number of aromatic nitrogens is 3. The van der Waals surface area contributed by atoms with Crippen molar-refractivity contribution >= 4 is 22.9 Å². The van der Waals surface area contributed by atoms with Gasteiger partial charge in [0.25, 0.3) is 0 Å². The van der Waals surface area contributed by atoms with Crippen LogP contribution in [0.25, 0.3) is 11.2 Å². The molecule has 136 valence electrons. The maximum Gasteiger partial charge on any atom is 0.412 e. The number of rotatable bonds is 3. The molecule has 1 aromatic carbocycles. The molecule has 0 fully saturated rings. The van der Waals surface area contributed by atoms with Gasteiger partial charge in [-0.15, -0.1) is 0 Å². The van der Waals surface area contributed by atoms with Gasteiger partial charge < -0.3 is 14.5 Å². The Kier molecular flexibility index (Phi) is 4.41. The average Bonchev–Trinajstić information content (AvgIpc) is 2.90. The minimum absolute atomic E-state index is 0.361. The van der Waals surface area contributed by atoms with E-state index < -0.39 is 11.7 Å². The van der Waals surface area contributed by atoms with Crippen LogP contribution in [0.4, 0.5) is 10.5 Å². The molecule has 3 rings (SSSR count). The molecule has 2 heterocycles. The molecule has 0 saturated carbocycles. The molecule has 1 amide bonds. The number of hydrogen-bond donors (Lipinski definition) is 3. The van der Waals surface area contributed by atoms with Crippen LogP contribution in [0.3, 0.4) is 0 Å². The van der Waals surface area contributed by atoms with Crippen LogP contribution in [0.15, 0.2) is 35.3 Å². The number of ether oxygens (including phenoxy) is 2. The Labute approximate surface area is 149 Å². The SMILES string of the molecule is Cc1ccc(NC(=O)OC(C)(C)C)cc1Oc1ccnc2[nH]c(=O)[nH]c12. The summed E-state index contributed by atoms with van der Waals surface area (Å²) in [6.45, 7) is 7.26. The first-order valence-corrected chi connectivity index (χ1v) is 8.07. The molecule has 0 atom stereocenters. The summed E-state index contributed by atoms with van der Waals surface area (Å²) in [6.07, 6.45) is 0.994. The summed E-state index contributed by atoms with van der Waals surface area (Å²) < 4.78 is 11.2. The van der Waals surface area contributed by atoms with Crippen LogP contribution in [-0.2, 0) is 4.74 Å². The molecule has 3 aromatic rings. The Morgan fingerprint density at radius 1 is 1.15 bits per heavy atom. The van der Waals surface area contributed by atoms with Gasteiger partial charge in [0.05, 0.1) is 0 Å². The number of carbonyl (C=O) groups excluding carboxylic acids is 1. The van der Waals surface area contributed by atoms with Crippen molar-refractivity contribution in [2.75, 3.05) is 5.32 Å². The first-order chi connectivity index (χ1) is 12.2. The molecule has 26 heavy (non-hydrogen) atoms. The first kappa shape index (κ1) is 17.5. The van der Waals surface area contributed by atoms with E-state index >= 15 is 0 Å². The van der Waals surface area contributed by atoms with Crippen molar-refractivity contribution in [2.24, 2.45) is 0 Å². The Balaban J connectivity index is 1.86. The van der Waals surface area contributed by atoms with Gasteiger partial charge in [0.15, 0.2) is 11.4 Å². The van der Waals surface area contributed by atoms with Gasteiger partial charge in [-0.05, 0) is 39.3 Å². The fraction of sp³-hybridized carbons (Fsp3) is 0.278. The molecule has 3 N–H and O–H groups in total. The van der Waals surface area contributed by atoms with E-state index in [9.17, 15) is 9.59 Å². The third-order valence-corrected chi connectivity index (χ3v) is 3.44. The number of aromatic amines is 2. The summed E-state index contributed by atoms with van der Waals surface area (Å²) in [5.41, 5.74) is 1.34. The predicted octanol–water partition coefficient (Wildman–Crippen LogP) is 3.70. The van der Waals surface area contributed by atoms with Gasteiger partial charge >= 0.3 is 11.8 Å². The smallest absolute Gasteiger partial charge is 0.412 e. The van der Waals surface area contributed by atoms with Gasteiger partial charge in [-0.25, -0.2) is 14.6 Å². The van der Waals surface area contributed by atoms with Crippen molar-refractivity contribution in [2.45, 2.75) is 33.3 Å². The highest BCUT2D eigenvalue weighted by molar-refractivity contribution is 5.85. The van der Waals surface area contributed by atoms with E-state index in [2.05, 4.69) is 20.3 Å². The number of nitrogens with zero attached hydrogens (tertiary/aromatic N) is 1. The van der Waals surface area contributed by atoms with Crippen LogP contribution >= 0.6 is 0 Å². The number of imidazole rings is 1. The lowest BCUT2D eigenvalue weighted by Gasteiger charge is -2.20. The van der Waals surface area contributed by atoms with Crippen LogP contribution in [0.5, 0.6) is 11.5 Å². The van der Waals surface area contributed by atoms with Crippen LogP contribution in [0.1, 0.15) is 26.3 Å². The number of nitrogens with one attached hydrogen (secondary N) is 3. The zero-order chi connectivity index (χ0) is 18.9. The standard InChI is InChI=1S/C18H20N4O4/c1-10-5-6-11(20-17(24)26-18(2,3)4)9-13(10)25-12-7-8-19-15-14(12)21-16(23)22-15/h5-9H,1-4H3,(H,20,24)(H2,19,21,22,23). The quantitative estimate of drug-likeness (QED) is 0.663. The highest BCUT2D eigenvalue weighted by Gasteiger charge is 2.17. The lowest BCUT2D eigenvalue weighted by Crippen LogP contribution is -2.27. The molecule has 0 bridgehead atoms. The van der Waals surface area contributed by atoms with Crippen molar-refractivity contribution in [1.82, 2.24) is 15.0 Å². The second kappa shape index (κ2) is 6.55. The average molecular weight is 356 g/mol. The molecule has 0 aliphatic heterocycles. The molecule has 2 aromatic heterocycles. The van der Waals surface area contributed by atoms with Gasteiger partial charge in [0.1, 0.15) is 16.9 Å². The van der Waals surface area contributed by atoms with Crippen molar-refractivity contribution in [1.29, 1.82) is 0 Å². The minimum Gasteiger partial charge on any atom is -0.455 e. The molecule has 0 spiro atoms. The number of aryl methyl sites for hydroxylation is 1. The van der Waals surface area contributed by atoms with Crippen molar-refractivity contribution < 1.29 is 14.3 Å². The molecule has 0 unspecified atom stereocenters. The Morgan fingerprint density at radius 2 is 1.92 bits per heavy atom. The monoisotopic (exact) mass is 356 g/mol. The number of pyridine rings is 1. The molecule has 0 radical (unpaired) electrons. The fourth-order valence-electron chi connectivity index (χ4n) is 2.32. The van der Waals surface area contributed by atoms with Gasteiger partial charge in [-0.1, -0.05) is 6.07 Å². The van der Waals surface area contributed by atoms with E-state index in [0.29, 0.717) is 28.4 Å². The second-order valence-corrected chi connectivity index (χ2v) is 6.82. The summed E-state index contributed by atoms with van der Waals surface area (Å²) in [6, 6.07) is 6.92. The van der Waals surface area contributed by atoms with Crippen LogP contribution in [0.2, 0.25) is 0 Å². The number of amides is 1. The van der Waals surface area contributed by atoms with E-state index in [0.717, 1.165) is 5.56 Å². The van der Waals surface area contributed by atoms with Crippen LogP contribution in [0, 0.1) is 6.92 Å². The zero-order valence-corrected chi connectivity index (χ0v) is 15.0. The largest absolute Gasteiger partial charge is 0.455 e. The number of carbonyl (C=O) groups is 1. The maximum atomic E-state index is 11.9. The topological polar surface area (TPSA) is 109 Å². The van der Waals surface area contributed by atoms with Crippen LogP contribution < -0.4 is 15.7 Å². The van der Waals surface area contributed by atoms with Gasteiger partial charge in [-0.2, -0.15) is 0 Å². The molecule has 0 aliphatic rings. The van der Waals surface area contributed by atoms with E-state index in [1.54, 1.807) is 45.2 Å². The van der Waals surface area contributed by atoms with E-state index in [1.807, 2.05) is 13.0 Å². The van der Waals surface area contributed by atoms with Crippen LogP contribution in [-0.4, -0.2) is 26.6 Å². The highest BCUT2D eigenvalue weighted by atomic mass is 16.6. The molecule has 0 aliphatic carbocycles. The highest BCUT2D eigenvalue weighted by Crippen LogP contribution is 2.30. The Morgan fingerprint density at radius 3 is 2.65 bits per heavy atom. The Bertz CT molecular complexity index is 1010. The maximum absolute atomic E-state index is 11.9. The summed E-state index contributed by atoms with van der Waals surface area (Å²) in [4.78, 5) is 32.7. The predicted molar refractivity (Wildman–Crippen MR) is 97.8 cm³/mol. The number of anilines is 1. The number of hydrogen-bond acceptors (Lipinski definition) is 5.